The molecule has 1 aromatic carbocycles. The van der Waals surface area contributed by atoms with E-state index in [1.807, 2.05) is 36.1 Å². The number of rotatable bonds is 2. The van der Waals surface area contributed by atoms with Gasteiger partial charge in [0.15, 0.2) is 0 Å². The number of carbonyl (C=O) groups excluding carboxylic acids is 1. The topological polar surface area (TPSA) is 58.6 Å². The summed E-state index contributed by atoms with van der Waals surface area (Å²) in [6.07, 6.45) is 1.06. The van der Waals surface area contributed by atoms with E-state index < -0.39 is 0 Å². The average Bonchev–Trinajstić information content (AvgIpc) is 2.66. The van der Waals surface area contributed by atoms with Gasteiger partial charge < -0.3 is 14.5 Å². The highest BCUT2D eigenvalue weighted by Gasteiger charge is 2.30. The highest BCUT2D eigenvalue weighted by Crippen LogP contribution is 2.29. The maximum absolute atomic E-state index is 13.0. The first-order valence-corrected chi connectivity index (χ1v) is 10.5. The van der Waals surface area contributed by atoms with E-state index in [4.69, 9.17) is 9.72 Å². The number of hydrogen-bond donors (Lipinski definition) is 0. The van der Waals surface area contributed by atoms with Crippen molar-refractivity contribution in [3.63, 3.8) is 0 Å². The van der Waals surface area contributed by atoms with Crippen LogP contribution in [0.25, 0.3) is 0 Å². The fraction of sp³-hybridized carbons (Fsp3) is 0.476. The third-order valence-electron chi connectivity index (χ3n) is 5.25. The summed E-state index contributed by atoms with van der Waals surface area (Å²) in [6.45, 7) is 8.94. The predicted molar refractivity (Wildman–Crippen MR) is 112 cm³/mol. The molecule has 2 atom stereocenters. The highest BCUT2D eigenvalue weighted by atomic mass is 79.9. The zero-order valence-electron chi connectivity index (χ0n) is 16.5. The van der Waals surface area contributed by atoms with Crippen molar-refractivity contribution in [2.24, 2.45) is 0 Å². The quantitative estimate of drug-likeness (QED) is 0.710. The second kappa shape index (κ2) is 7.79. The van der Waals surface area contributed by atoms with Gasteiger partial charge in [0.25, 0.3) is 5.91 Å². The zero-order chi connectivity index (χ0) is 19.8. The molecule has 0 spiro atoms. The summed E-state index contributed by atoms with van der Waals surface area (Å²) in [5, 5.41) is 0. The van der Waals surface area contributed by atoms with Crippen LogP contribution in [0.15, 0.2) is 28.7 Å². The minimum atomic E-state index is 0.0494. The van der Waals surface area contributed by atoms with Crippen LogP contribution in [0.2, 0.25) is 0 Å². The van der Waals surface area contributed by atoms with Crippen LogP contribution in [-0.4, -0.2) is 52.6 Å². The first-order valence-electron chi connectivity index (χ1n) is 9.72. The molecule has 2 unspecified atom stereocenters. The molecule has 1 saturated heterocycles. The van der Waals surface area contributed by atoms with Crippen molar-refractivity contribution >= 4 is 27.7 Å². The molecule has 2 aliphatic rings. The van der Waals surface area contributed by atoms with Gasteiger partial charge in [-0.25, -0.2) is 9.97 Å². The molecule has 1 aromatic heterocycles. The first-order chi connectivity index (χ1) is 13.4. The summed E-state index contributed by atoms with van der Waals surface area (Å²) >= 11 is 3.42. The summed E-state index contributed by atoms with van der Waals surface area (Å²) in [6, 6.07) is 7.53. The van der Waals surface area contributed by atoms with Gasteiger partial charge >= 0.3 is 0 Å². The normalized spacial score (nSPS) is 22.1. The number of halogens is 1. The number of benzene rings is 1. The standard InChI is InChI=1S/C21H25BrN4O2/c1-13-10-26(11-14(2)28-13)20-18-12-25(9-8-19(18)23-15(3)24-20)21(27)16-4-6-17(22)7-5-16/h4-7,13-14H,8-12H2,1-3H3. The van der Waals surface area contributed by atoms with Gasteiger partial charge in [0.05, 0.1) is 24.4 Å². The molecule has 6 nitrogen and oxygen atoms in total. The lowest BCUT2D eigenvalue weighted by Gasteiger charge is -2.38. The Labute approximate surface area is 174 Å². The molecule has 0 aliphatic carbocycles. The van der Waals surface area contributed by atoms with Gasteiger partial charge in [-0.15, -0.1) is 0 Å². The number of morpholine rings is 1. The van der Waals surface area contributed by atoms with E-state index in [0.29, 0.717) is 18.7 Å². The number of anilines is 1. The van der Waals surface area contributed by atoms with Crippen LogP contribution >= 0.6 is 15.9 Å². The van der Waals surface area contributed by atoms with Crippen LogP contribution in [0.4, 0.5) is 5.82 Å². The number of nitrogens with zero attached hydrogens (tertiary/aromatic N) is 4. The van der Waals surface area contributed by atoms with Crippen LogP contribution in [0, 0.1) is 6.92 Å². The molecular formula is C21H25BrN4O2. The number of aryl methyl sites for hydroxylation is 1. The Morgan fingerprint density at radius 3 is 2.50 bits per heavy atom. The number of hydrogen-bond acceptors (Lipinski definition) is 5. The van der Waals surface area contributed by atoms with Crippen molar-refractivity contribution in [2.75, 3.05) is 24.5 Å². The zero-order valence-corrected chi connectivity index (χ0v) is 18.1. The van der Waals surface area contributed by atoms with Gasteiger partial charge in [-0.1, -0.05) is 15.9 Å². The van der Waals surface area contributed by atoms with Gasteiger partial charge in [-0.2, -0.15) is 0 Å². The molecule has 2 aliphatic heterocycles. The SMILES string of the molecule is Cc1nc2c(c(N3CC(C)OC(C)C3)n1)CN(C(=O)c1ccc(Br)cc1)CC2. The second-order valence-electron chi connectivity index (χ2n) is 7.67. The fourth-order valence-electron chi connectivity index (χ4n) is 4.08. The summed E-state index contributed by atoms with van der Waals surface area (Å²) in [4.78, 5) is 26.7. The van der Waals surface area contributed by atoms with Crippen LogP contribution in [-0.2, 0) is 17.7 Å². The maximum Gasteiger partial charge on any atom is 0.254 e. The molecule has 4 rings (SSSR count). The summed E-state index contributed by atoms with van der Waals surface area (Å²) in [7, 11) is 0. The predicted octanol–water partition coefficient (Wildman–Crippen LogP) is 3.36. The molecule has 1 amide bonds. The van der Waals surface area contributed by atoms with Crippen molar-refractivity contribution in [2.45, 2.75) is 45.9 Å². The molecular weight excluding hydrogens is 420 g/mol. The minimum Gasteiger partial charge on any atom is -0.372 e. The molecule has 7 heteroatoms. The number of fused-ring (bicyclic) bond motifs is 1. The fourth-order valence-corrected chi connectivity index (χ4v) is 4.34. The number of amides is 1. The summed E-state index contributed by atoms with van der Waals surface area (Å²) in [5.74, 6) is 1.79. The Morgan fingerprint density at radius 2 is 1.82 bits per heavy atom. The molecule has 0 N–H and O–H groups in total. The van der Waals surface area contributed by atoms with Crippen molar-refractivity contribution in [1.29, 1.82) is 0 Å². The van der Waals surface area contributed by atoms with E-state index >= 15 is 0 Å². The molecule has 0 bridgehead atoms. The lowest BCUT2D eigenvalue weighted by atomic mass is 10.0. The lowest BCUT2D eigenvalue weighted by Crippen LogP contribution is -2.47. The van der Waals surface area contributed by atoms with E-state index in [9.17, 15) is 4.79 Å². The number of ether oxygens (including phenoxy) is 1. The van der Waals surface area contributed by atoms with Crippen LogP contribution in [0.3, 0.4) is 0 Å². The van der Waals surface area contributed by atoms with Gasteiger partial charge in [0, 0.05) is 41.7 Å². The van der Waals surface area contributed by atoms with E-state index in [-0.39, 0.29) is 18.1 Å². The van der Waals surface area contributed by atoms with Crippen LogP contribution in [0.1, 0.15) is 41.3 Å². The summed E-state index contributed by atoms with van der Waals surface area (Å²) < 4.78 is 6.85. The van der Waals surface area contributed by atoms with Gasteiger partial charge in [-0.3, -0.25) is 4.79 Å². The highest BCUT2D eigenvalue weighted by molar-refractivity contribution is 9.10. The first kappa shape index (κ1) is 19.3. The molecule has 28 heavy (non-hydrogen) atoms. The molecule has 1 fully saturated rings. The average molecular weight is 445 g/mol. The van der Waals surface area contributed by atoms with Crippen LogP contribution < -0.4 is 4.90 Å². The smallest absolute Gasteiger partial charge is 0.254 e. The summed E-state index contributed by atoms with van der Waals surface area (Å²) in [5.41, 5.74) is 2.84. The Morgan fingerprint density at radius 1 is 1.14 bits per heavy atom. The third-order valence-corrected chi connectivity index (χ3v) is 5.78. The van der Waals surface area contributed by atoms with Gasteiger partial charge in [0.2, 0.25) is 0 Å². The Bertz CT molecular complexity index is 877. The second-order valence-corrected chi connectivity index (χ2v) is 8.58. The largest absolute Gasteiger partial charge is 0.372 e. The van der Waals surface area contributed by atoms with E-state index in [2.05, 4.69) is 39.7 Å². The van der Waals surface area contributed by atoms with Gasteiger partial charge in [-0.05, 0) is 45.0 Å². The van der Waals surface area contributed by atoms with Crippen molar-refractivity contribution in [1.82, 2.24) is 14.9 Å². The van der Waals surface area contributed by atoms with Crippen molar-refractivity contribution in [3.05, 3.63) is 51.4 Å². The number of aromatic nitrogens is 2. The molecule has 2 aromatic rings. The maximum atomic E-state index is 13.0. The van der Waals surface area contributed by atoms with Crippen molar-refractivity contribution < 1.29 is 9.53 Å². The van der Waals surface area contributed by atoms with Crippen molar-refractivity contribution in [3.8, 4) is 0 Å². The monoisotopic (exact) mass is 444 g/mol. The molecule has 0 radical (unpaired) electrons. The Hall–Kier alpha value is -1.99. The third kappa shape index (κ3) is 3.91. The van der Waals surface area contributed by atoms with Crippen LogP contribution in [0.5, 0.6) is 0 Å². The van der Waals surface area contributed by atoms with Gasteiger partial charge in [0.1, 0.15) is 11.6 Å². The molecule has 148 valence electrons. The minimum absolute atomic E-state index is 0.0494. The molecule has 0 saturated carbocycles. The molecule has 3 heterocycles. The van der Waals surface area contributed by atoms with E-state index in [1.165, 1.54) is 0 Å². The lowest BCUT2D eigenvalue weighted by molar-refractivity contribution is -0.00560. The Kier molecular flexibility index (Phi) is 5.38. The van der Waals surface area contributed by atoms with E-state index in [0.717, 1.165) is 46.9 Å². The van der Waals surface area contributed by atoms with E-state index in [1.54, 1.807) is 0 Å². The Balaban J connectivity index is 1.63. The number of carbonyl (C=O) groups is 1.